The van der Waals surface area contributed by atoms with Gasteiger partial charge in [-0.25, -0.2) is 0 Å². The minimum Gasteiger partial charge on any atom is -0.462 e. The van der Waals surface area contributed by atoms with Gasteiger partial charge in [-0.15, -0.1) is 0 Å². The normalized spacial score (nSPS) is 12.3. The molecule has 0 aliphatic heterocycles. The molecule has 0 fully saturated rings. The zero-order valence-electron chi connectivity index (χ0n) is 46.1. The summed E-state index contributed by atoms with van der Waals surface area (Å²) in [5, 5.41) is 0. The third-order valence-electron chi connectivity index (χ3n) is 13.3. The Hall–Kier alpha value is -2.63. The lowest BCUT2D eigenvalue weighted by Gasteiger charge is -2.18. The van der Waals surface area contributed by atoms with E-state index < -0.39 is 6.10 Å². The molecule has 0 radical (unpaired) electrons. The molecule has 1 atom stereocenters. The molecule has 0 aromatic heterocycles. The Morgan fingerprint density at radius 1 is 0.290 bits per heavy atom. The van der Waals surface area contributed by atoms with E-state index in [9.17, 15) is 14.4 Å². The van der Waals surface area contributed by atoms with Crippen molar-refractivity contribution < 1.29 is 28.6 Å². The van der Waals surface area contributed by atoms with Crippen molar-refractivity contribution in [3.05, 3.63) is 48.6 Å². The molecule has 0 aromatic rings. The van der Waals surface area contributed by atoms with E-state index in [0.29, 0.717) is 19.3 Å². The quantitative estimate of drug-likeness (QED) is 0.0262. The molecule has 0 N–H and O–H groups in total. The largest absolute Gasteiger partial charge is 0.462 e. The summed E-state index contributed by atoms with van der Waals surface area (Å²) in [6.45, 7) is 6.60. The van der Waals surface area contributed by atoms with Crippen LogP contribution in [0.1, 0.15) is 316 Å². The Morgan fingerprint density at radius 2 is 0.536 bits per heavy atom. The third kappa shape index (κ3) is 56.2. The molecule has 0 saturated heterocycles. The monoisotopic (exact) mass is 967 g/mol. The van der Waals surface area contributed by atoms with Crippen molar-refractivity contribution in [1.82, 2.24) is 0 Å². The standard InChI is InChI=1S/C63H114O6/c1-4-7-10-13-16-19-22-25-28-30-31-32-33-34-36-38-41-44-47-50-53-56-62(65)68-59-60(58-67-61(64)55-52-49-46-43-40-37-27-24-21-18-15-12-9-6-3)69-63(66)57-54-51-48-45-42-39-35-29-26-23-20-17-14-11-8-5-2/h15,18,20,23-24,27,29,35,60H,4-14,16-17,19,21-22,25-26,28,30-34,36-59H2,1-3H3/b18-15-,23-20-,27-24-,35-29-. The first kappa shape index (κ1) is 66.4. The molecule has 0 saturated carbocycles. The molecular weight excluding hydrogens is 853 g/mol. The van der Waals surface area contributed by atoms with Gasteiger partial charge in [0.25, 0.3) is 0 Å². The van der Waals surface area contributed by atoms with Crippen molar-refractivity contribution in [2.45, 2.75) is 322 Å². The van der Waals surface area contributed by atoms with Gasteiger partial charge in [-0.1, -0.05) is 268 Å². The number of ether oxygens (including phenoxy) is 3. The molecule has 0 amide bonds. The van der Waals surface area contributed by atoms with E-state index in [-0.39, 0.29) is 31.1 Å². The second-order valence-electron chi connectivity index (χ2n) is 20.3. The van der Waals surface area contributed by atoms with Gasteiger partial charge in [0, 0.05) is 19.3 Å². The number of carbonyl (C=O) groups excluding carboxylic acids is 3. The van der Waals surface area contributed by atoms with Crippen LogP contribution in [0.5, 0.6) is 0 Å². The maximum absolute atomic E-state index is 12.9. The SMILES string of the molecule is CCCC/C=C\C/C=C\CCCCCCCC(=O)OCC(COC(=O)CCCCCCCCCCCCCCCCCCCCCCC)OC(=O)CCCCCCC/C=C\C/C=C\CCCCCC. The lowest BCUT2D eigenvalue weighted by Crippen LogP contribution is -2.30. The molecule has 0 aliphatic carbocycles. The zero-order valence-corrected chi connectivity index (χ0v) is 46.1. The molecule has 0 bridgehead atoms. The van der Waals surface area contributed by atoms with Gasteiger partial charge in [0.2, 0.25) is 0 Å². The molecule has 0 rings (SSSR count). The van der Waals surface area contributed by atoms with Crippen LogP contribution >= 0.6 is 0 Å². The van der Waals surface area contributed by atoms with Crippen molar-refractivity contribution in [2.24, 2.45) is 0 Å². The van der Waals surface area contributed by atoms with Crippen molar-refractivity contribution in [2.75, 3.05) is 13.2 Å². The molecule has 1 unspecified atom stereocenters. The Balaban J connectivity index is 4.33. The number of hydrogen-bond donors (Lipinski definition) is 0. The van der Waals surface area contributed by atoms with Crippen LogP contribution < -0.4 is 0 Å². The summed E-state index contributed by atoms with van der Waals surface area (Å²) >= 11 is 0. The van der Waals surface area contributed by atoms with E-state index in [1.54, 1.807) is 0 Å². The first-order chi connectivity index (χ1) is 34.0. The van der Waals surface area contributed by atoms with Crippen LogP contribution in [-0.2, 0) is 28.6 Å². The second-order valence-corrected chi connectivity index (χ2v) is 20.3. The van der Waals surface area contributed by atoms with Gasteiger partial charge >= 0.3 is 17.9 Å². The number of rotatable bonds is 55. The number of allylic oxidation sites excluding steroid dienone is 8. The van der Waals surface area contributed by atoms with E-state index in [4.69, 9.17) is 14.2 Å². The predicted molar refractivity (Wildman–Crippen MR) is 298 cm³/mol. The molecule has 0 spiro atoms. The summed E-state index contributed by atoms with van der Waals surface area (Å²) in [4.78, 5) is 38.2. The lowest BCUT2D eigenvalue weighted by molar-refractivity contribution is -0.167. The highest BCUT2D eigenvalue weighted by Gasteiger charge is 2.19. The number of carbonyl (C=O) groups is 3. The minimum atomic E-state index is -0.785. The Kier molecular flexibility index (Phi) is 55.7. The van der Waals surface area contributed by atoms with Crippen LogP contribution in [0.2, 0.25) is 0 Å². The number of hydrogen-bond acceptors (Lipinski definition) is 6. The summed E-state index contributed by atoms with van der Waals surface area (Å²) in [6.07, 6.45) is 71.1. The van der Waals surface area contributed by atoms with Gasteiger partial charge < -0.3 is 14.2 Å². The molecule has 0 aromatic carbocycles. The van der Waals surface area contributed by atoms with Crippen molar-refractivity contribution in [3.63, 3.8) is 0 Å². The molecular formula is C63H114O6. The molecule has 0 aliphatic rings. The van der Waals surface area contributed by atoms with Crippen LogP contribution in [0, 0.1) is 0 Å². The van der Waals surface area contributed by atoms with Gasteiger partial charge in [-0.05, 0) is 77.0 Å². The summed E-state index contributed by atoms with van der Waals surface area (Å²) in [6, 6.07) is 0. The number of esters is 3. The van der Waals surface area contributed by atoms with Gasteiger partial charge in [0.1, 0.15) is 13.2 Å². The summed E-state index contributed by atoms with van der Waals surface area (Å²) < 4.78 is 16.9. The average molecular weight is 968 g/mol. The van der Waals surface area contributed by atoms with Crippen molar-refractivity contribution in [3.8, 4) is 0 Å². The van der Waals surface area contributed by atoms with Crippen LogP contribution in [0.3, 0.4) is 0 Å². The van der Waals surface area contributed by atoms with Crippen molar-refractivity contribution in [1.29, 1.82) is 0 Å². The fourth-order valence-electron chi connectivity index (χ4n) is 8.73. The average Bonchev–Trinajstić information content (AvgIpc) is 3.35. The van der Waals surface area contributed by atoms with Gasteiger partial charge in [-0.3, -0.25) is 14.4 Å². The highest BCUT2D eigenvalue weighted by atomic mass is 16.6. The number of unbranched alkanes of at least 4 members (excludes halogenated alkanes) is 36. The van der Waals surface area contributed by atoms with E-state index in [1.807, 2.05) is 0 Å². The van der Waals surface area contributed by atoms with E-state index in [1.165, 1.54) is 173 Å². The van der Waals surface area contributed by atoms with E-state index in [0.717, 1.165) is 103 Å². The van der Waals surface area contributed by atoms with Crippen LogP contribution in [0.25, 0.3) is 0 Å². The summed E-state index contributed by atoms with van der Waals surface area (Å²) in [5.41, 5.74) is 0. The first-order valence-corrected chi connectivity index (χ1v) is 30.1. The summed E-state index contributed by atoms with van der Waals surface area (Å²) in [5.74, 6) is -0.892. The van der Waals surface area contributed by atoms with Crippen molar-refractivity contribution >= 4 is 17.9 Å². The molecule has 402 valence electrons. The fourth-order valence-corrected chi connectivity index (χ4v) is 8.73. The predicted octanol–water partition coefficient (Wildman–Crippen LogP) is 20.2. The first-order valence-electron chi connectivity index (χ1n) is 30.1. The van der Waals surface area contributed by atoms with Crippen LogP contribution in [-0.4, -0.2) is 37.2 Å². The molecule has 6 heteroatoms. The third-order valence-corrected chi connectivity index (χ3v) is 13.3. The van der Waals surface area contributed by atoms with Gasteiger partial charge in [-0.2, -0.15) is 0 Å². The molecule has 0 heterocycles. The molecule has 69 heavy (non-hydrogen) atoms. The smallest absolute Gasteiger partial charge is 0.306 e. The summed E-state index contributed by atoms with van der Waals surface area (Å²) in [7, 11) is 0. The second kappa shape index (κ2) is 57.9. The molecule has 6 nitrogen and oxygen atoms in total. The fraction of sp³-hybridized carbons (Fsp3) is 0.825. The van der Waals surface area contributed by atoms with Gasteiger partial charge in [0.05, 0.1) is 0 Å². The minimum absolute atomic E-state index is 0.0804. The lowest BCUT2D eigenvalue weighted by atomic mass is 10.0. The van der Waals surface area contributed by atoms with E-state index in [2.05, 4.69) is 69.4 Å². The van der Waals surface area contributed by atoms with Gasteiger partial charge in [0.15, 0.2) is 6.10 Å². The zero-order chi connectivity index (χ0) is 50.0. The highest BCUT2D eigenvalue weighted by molar-refractivity contribution is 5.71. The van der Waals surface area contributed by atoms with Crippen LogP contribution in [0.15, 0.2) is 48.6 Å². The van der Waals surface area contributed by atoms with E-state index >= 15 is 0 Å². The Bertz CT molecular complexity index is 1200. The Labute approximate surface area is 428 Å². The maximum atomic E-state index is 12.9. The Morgan fingerprint density at radius 3 is 0.855 bits per heavy atom. The van der Waals surface area contributed by atoms with Crippen LogP contribution in [0.4, 0.5) is 0 Å². The topological polar surface area (TPSA) is 78.9 Å². The maximum Gasteiger partial charge on any atom is 0.306 e. The highest BCUT2D eigenvalue weighted by Crippen LogP contribution is 2.17.